The Morgan fingerprint density at radius 1 is 0.892 bits per heavy atom. The Morgan fingerprint density at radius 3 is 2.08 bits per heavy atom. The molecule has 4 aromatic rings. The molecule has 1 amide bonds. The Morgan fingerprint density at radius 2 is 1.49 bits per heavy atom. The zero-order valence-corrected chi connectivity index (χ0v) is 20.6. The first-order valence-corrected chi connectivity index (χ1v) is 12.4. The monoisotopic (exact) mass is 499 g/mol. The maximum atomic E-state index is 14.7. The van der Waals surface area contributed by atoms with Gasteiger partial charge in [0.25, 0.3) is 5.91 Å². The highest BCUT2D eigenvalue weighted by molar-refractivity contribution is 6.04. The van der Waals surface area contributed by atoms with Crippen molar-refractivity contribution in [1.29, 1.82) is 0 Å². The molecule has 0 aliphatic carbocycles. The van der Waals surface area contributed by atoms with Gasteiger partial charge in [0.15, 0.2) is 0 Å². The van der Waals surface area contributed by atoms with Crippen molar-refractivity contribution in [3.05, 3.63) is 96.1 Å². The van der Waals surface area contributed by atoms with E-state index >= 15 is 0 Å². The molecule has 1 aliphatic rings. The van der Waals surface area contributed by atoms with Crippen molar-refractivity contribution >= 4 is 40.0 Å². The van der Waals surface area contributed by atoms with Crippen LogP contribution >= 0.6 is 0 Å². The first-order valence-electron chi connectivity index (χ1n) is 12.4. The molecule has 0 unspecified atom stereocenters. The molecule has 3 aromatic carbocycles. The summed E-state index contributed by atoms with van der Waals surface area (Å²) in [5, 5.41) is 18.9. The minimum Gasteiger partial charge on any atom is -0.393 e. The number of benzene rings is 3. The number of aromatic amines is 1. The number of carbonyl (C=O) groups is 1. The van der Waals surface area contributed by atoms with Crippen molar-refractivity contribution in [1.82, 2.24) is 4.98 Å². The van der Waals surface area contributed by atoms with E-state index in [1.165, 1.54) is 6.07 Å². The van der Waals surface area contributed by atoms with Gasteiger partial charge in [-0.3, -0.25) is 4.79 Å². The second kappa shape index (κ2) is 10.8. The maximum absolute atomic E-state index is 14.7. The van der Waals surface area contributed by atoms with Crippen LogP contribution in [0, 0.1) is 12.7 Å². The number of hydrogen-bond acceptors (Lipinski definition) is 5. The van der Waals surface area contributed by atoms with Gasteiger partial charge in [-0.1, -0.05) is 0 Å². The number of aliphatic hydroxyl groups is 1. The lowest BCUT2D eigenvalue weighted by Crippen LogP contribution is -2.35. The van der Waals surface area contributed by atoms with Gasteiger partial charge in [0.1, 0.15) is 5.82 Å². The maximum Gasteiger partial charge on any atom is 0.257 e. The summed E-state index contributed by atoms with van der Waals surface area (Å²) in [6, 6.07) is 22.1. The molecule has 1 aromatic heterocycles. The van der Waals surface area contributed by atoms with Gasteiger partial charge in [-0.15, -0.1) is 0 Å². The molecule has 0 saturated carbocycles. The smallest absolute Gasteiger partial charge is 0.257 e. The fourth-order valence-electron chi connectivity index (χ4n) is 4.38. The molecular weight excluding hydrogens is 469 g/mol. The van der Waals surface area contributed by atoms with E-state index in [0.717, 1.165) is 54.4 Å². The van der Waals surface area contributed by atoms with Crippen LogP contribution in [-0.4, -0.2) is 35.2 Å². The third-order valence-corrected chi connectivity index (χ3v) is 6.47. The van der Waals surface area contributed by atoms with Crippen LogP contribution in [0.2, 0.25) is 0 Å². The number of nitrogens with zero attached hydrogens (tertiary/aromatic N) is 1. The largest absolute Gasteiger partial charge is 0.393 e. The lowest BCUT2D eigenvalue weighted by Gasteiger charge is -2.31. The Labute approximate surface area is 215 Å². The number of nitrogens with one attached hydrogen (secondary N) is 4. The molecule has 1 aliphatic heterocycles. The number of aryl methyl sites for hydroxylation is 1. The summed E-state index contributed by atoms with van der Waals surface area (Å²) in [4.78, 5) is 17.5. The highest BCUT2D eigenvalue weighted by Crippen LogP contribution is 2.27. The van der Waals surface area contributed by atoms with Crippen molar-refractivity contribution in [2.45, 2.75) is 25.9 Å². The van der Waals surface area contributed by atoms with E-state index in [1.54, 1.807) is 24.4 Å². The molecule has 190 valence electrons. The average Bonchev–Trinajstić information content (AvgIpc) is 3.34. The van der Waals surface area contributed by atoms with Crippen molar-refractivity contribution < 1.29 is 14.3 Å². The van der Waals surface area contributed by atoms with Crippen LogP contribution in [0.5, 0.6) is 0 Å². The molecule has 8 heteroatoms. The summed E-state index contributed by atoms with van der Waals surface area (Å²) in [6.07, 6.45) is 3.04. The van der Waals surface area contributed by atoms with Crippen LogP contribution in [0.4, 0.5) is 38.5 Å². The minimum absolute atomic E-state index is 0.183. The van der Waals surface area contributed by atoms with E-state index in [0.29, 0.717) is 16.9 Å². The number of rotatable bonds is 7. The lowest BCUT2D eigenvalue weighted by atomic mass is 10.1. The first kappa shape index (κ1) is 24.4. The molecule has 5 N–H and O–H groups in total. The summed E-state index contributed by atoms with van der Waals surface area (Å²) in [5.41, 5.74) is 5.86. The number of piperidine rings is 1. The number of anilines is 6. The Balaban J connectivity index is 1.17. The zero-order valence-electron chi connectivity index (χ0n) is 20.6. The topological polar surface area (TPSA) is 92.4 Å². The standard InChI is InChI=1S/C29H30FN5O2/c1-19-16-20(18-31-19)29(37)34-24-8-11-28(27(30)17-24)33-23-4-2-21(3-5-23)32-22-6-9-25(10-7-22)35-14-12-26(36)13-15-35/h2-11,16-18,26,31-33,36H,12-15H2,1H3,(H,34,37). The van der Waals surface area contributed by atoms with E-state index < -0.39 is 5.82 Å². The second-order valence-corrected chi connectivity index (χ2v) is 9.31. The van der Waals surface area contributed by atoms with Crippen LogP contribution in [0.3, 0.4) is 0 Å². The fourth-order valence-corrected chi connectivity index (χ4v) is 4.38. The molecule has 2 heterocycles. The SMILES string of the molecule is Cc1cc(C(=O)Nc2ccc(Nc3ccc(Nc4ccc(N5CCC(O)CC5)cc4)cc3)c(F)c2)c[nH]1. The molecule has 0 radical (unpaired) electrons. The highest BCUT2D eigenvalue weighted by atomic mass is 19.1. The lowest BCUT2D eigenvalue weighted by molar-refractivity contribution is 0.102. The van der Waals surface area contributed by atoms with Crippen LogP contribution in [0.15, 0.2) is 79.0 Å². The van der Waals surface area contributed by atoms with Gasteiger partial charge in [-0.2, -0.15) is 0 Å². The molecule has 1 saturated heterocycles. The molecule has 0 spiro atoms. The number of carbonyl (C=O) groups excluding carboxylic acids is 1. The summed E-state index contributed by atoms with van der Waals surface area (Å²) in [7, 11) is 0. The van der Waals surface area contributed by atoms with Gasteiger partial charge in [-0.05, 0) is 92.6 Å². The van der Waals surface area contributed by atoms with Gasteiger partial charge >= 0.3 is 0 Å². The minimum atomic E-state index is -0.464. The predicted octanol–water partition coefficient (Wildman–Crippen LogP) is 6.16. The van der Waals surface area contributed by atoms with Crippen molar-refractivity contribution in [3.8, 4) is 0 Å². The van der Waals surface area contributed by atoms with Crippen LogP contribution in [0.1, 0.15) is 28.9 Å². The van der Waals surface area contributed by atoms with Gasteiger partial charge in [-0.25, -0.2) is 4.39 Å². The van der Waals surface area contributed by atoms with Gasteiger partial charge in [0, 0.05) is 53.4 Å². The van der Waals surface area contributed by atoms with Crippen molar-refractivity contribution in [3.63, 3.8) is 0 Å². The highest BCUT2D eigenvalue weighted by Gasteiger charge is 2.17. The van der Waals surface area contributed by atoms with Crippen LogP contribution < -0.4 is 20.9 Å². The number of hydrogen-bond donors (Lipinski definition) is 5. The van der Waals surface area contributed by atoms with E-state index in [2.05, 4.69) is 38.0 Å². The van der Waals surface area contributed by atoms with E-state index in [1.807, 2.05) is 43.3 Å². The number of aliphatic hydroxyl groups excluding tert-OH is 1. The molecule has 37 heavy (non-hydrogen) atoms. The van der Waals surface area contributed by atoms with Crippen molar-refractivity contribution in [2.75, 3.05) is 33.9 Å². The summed E-state index contributed by atoms with van der Waals surface area (Å²) in [5.74, 6) is -0.762. The first-order chi connectivity index (χ1) is 17.9. The van der Waals surface area contributed by atoms with Crippen LogP contribution in [-0.2, 0) is 0 Å². The van der Waals surface area contributed by atoms with E-state index in [4.69, 9.17) is 0 Å². The number of halogens is 1. The van der Waals surface area contributed by atoms with E-state index in [-0.39, 0.29) is 12.0 Å². The summed E-state index contributed by atoms with van der Waals surface area (Å²) in [6.45, 7) is 3.60. The summed E-state index contributed by atoms with van der Waals surface area (Å²) >= 11 is 0. The Bertz CT molecular complexity index is 1360. The predicted molar refractivity (Wildman–Crippen MR) is 147 cm³/mol. The third kappa shape index (κ3) is 6.10. The average molecular weight is 500 g/mol. The molecule has 0 bridgehead atoms. The van der Waals surface area contributed by atoms with Gasteiger partial charge in [0.05, 0.1) is 17.4 Å². The number of aromatic nitrogens is 1. The van der Waals surface area contributed by atoms with Gasteiger partial charge in [0.2, 0.25) is 0 Å². The molecule has 7 nitrogen and oxygen atoms in total. The van der Waals surface area contributed by atoms with E-state index in [9.17, 15) is 14.3 Å². The Kier molecular flexibility index (Phi) is 7.09. The Hall–Kier alpha value is -4.30. The quantitative estimate of drug-likeness (QED) is 0.210. The van der Waals surface area contributed by atoms with Crippen LogP contribution in [0.25, 0.3) is 0 Å². The molecule has 1 fully saturated rings. The number of amides is 1. The third-order valence-electron chi connectivity index (χ3n) is 6.47. The van der Waals surface area contributed by atoms with Crippen molar-refractivity contribution in [2.24, 2.45) is 0 Å². The molecule has 5 rings (SSSR count). The van der Waals surface area contributed by atoms with Gasteiger partial charge < -0.3 is 30.9 Å². The number of H-pyrrole nitrogens is 1. The molecule has 0 atom stereocenters. The summed E-state index contributed by atoms with van der Waals surface area (Å²) < 4.78 is 14.7. The normalized spacial score (nSPS) is 13.9. The second-order valence-electron chi connectivity index (χ2n) is 9.31. The fraction of sp³-hybridized carbons (Fsp3) is 0.207. The molecular formula is C29H30FN5O2. The zero-order chi connectivity index (χ0) is 25.8.